The zero-order chi connectivity index (χ0) is 18.0. The molecule has 0 spiro atoms. The van der Waals surface area contributed by atoms with Crippen molar-refractivity contribution in [2.45, 2.75) is 58.3 Å². The van der Waals surface area contributed by atoms with Gasteiger partial charge in [0.25, 0.3) is 0 Å². The van der Waals surface area contributed by atoms with Gasteiger partial charge in [0.2, 0.25) is 0 Å². The summed E-state index contributed by atoms with van der Waals surface area (Å²) in [4.78, 5) is 23.3. The Morgan fingerprint density at radius 2 is 1.83 bits per heavy atom. The Morgan fingerprint density at radius 3 is 2.46 bits per heavy atom. The molecule has 1 atom stereocenters. The number of amides is 1. The van der Waals surface area contributed by atoms with Crippen LogP contribution in [0.25, 0.3) is 0 Å². The maximum absolute atomic E-state index is 11.8. The Morgan fingerprint density at radius 1 is 1.17 bits per heavy atom. The van der Waals surface area contributed by atoms with Crippen LogP contribution in [0.5, 0.6) is 0 Å². The monoisotopic (exact) mass is 336 g/mol. The maximum atomic E-state index is 11.8. The summed E-state index contributed by atoms with van der Waals surface area (Å²) in [5.74, 6) is -0.404. The Balaban J connectivity index is 2.11. The fourth-order valence-electron chi connectivity index (χ4n) is 1.95. The molecule has 6 nitrogen and oxygen atoms in total. The topological polar surface area (TPSA) is 90.6 Å². The predicted molar refractivity (Wildman–Crippen MR) is 92.3 cm³/mol. The van der Waals surface area contributed by atoms with Crippen molar-refractivity contribution in [1.82, 2.24) is 5.32 Å². The molecule has 24 heavy (non-hydrogen) atoms. The number of carbonyl (C=O) groups excluding carboxylic acids is 2. The van der Waals surface area contributed by atoms with Crippen molar-refractivity contribution in [2.24, 2.45) is 5.73 Å². The van der Waals surface area contributed by atoms with Gasteiger partial charge in [-0.25, -0.2) is 4.79 Å². The van der Waals surface area contributed by atoms with Crippen LogP contribution in [0.15, 0.2) is 30.3 Å². The van der Waals surface area contributed by atoms with Crippen LogP contribution in [0, 0.1) is 0 Å². The third kappa shape index (κ3) is 9.15. The molecule has 0 saturated heterocycles. The molecule has 0 aromatic heterocycles. The molecule has 3 N–H and O–H groups in total. The lowest BCUT2D eigenvalue weighted by atomic mass is 10.1. The highest BCUT2D eigenvalue weighted by molar-refractivity contribution is 5.75. The van der Waals surface area contributed by atoms with E-state index in [1.807, 2.05) is 51.1 Å². The Bertz CT molecular complexity index is 512. The molecular weight excluding hydrogens is 308 g/mol. The van der Waals surface area contributed by atoms with Crippen LogP contribution in [0.3, 0.4) is 0 Å². The van der Waals surface area contributed by atoms with Gasteiger partial charge in [-0.15, -0.1) is 0 Å². The second-order valence-electron chi connectivity index (χ2n) is 6.62. The fourth-order valence-corrected chi connectivity index (χ4v) is 1.95. The Labute approximate surface area is 143 Å². The molecule has 1 aromatic carbocycles. The van der Waals surface area contributed by atoms with Crippen molar-refractivity contribution in [3.8, 4) is 0 Å². The summed E-state index contributed by atoms with van der Waals surface area (Å²) >= 11 is 0. The lowest BCUT2D eigenvalue weighted by Gasteiger charge is -2.19. The number of hydrogen-bond acceptors (Lipinski definition) is 5. The van der Waals surface area contributed by atoms with Crippen LogP contribution < -0.4 is 11.1 Å². The van der Waals surface area contributed by atoms with Gasteiger partial charge in [-0.3, -0.25) is 4.79 Å². The second kappa shape index (κ2) is 9.93. The van der Waals surface area contributed by atoms with E-state index in [9.17, 15) is 9.59 Å². The summed E-state index contributed by atoms with van der Waals surface area (Å²) in [6.07, 6.45) is 1.52. The van der Waals surface area contributed by atoms with Crippen molar-refractivity contribution >= 4 is 12.1 Å². The lowest BCUT2D eigenvalue weighted by Crippen LogP contribution is -2.34. The third-order valence-electron chi connectivity index (χ3n) is 3.14. The van der Waals surface area contributed by atoms with Crippen LogP contribution in [0.2, 0.25) is 0 Å². The van der Waals surface area contributed by atoms with E-state index in [1.165, 1.54) is 0 Å². The molecule has 0 saturated carbocycles. The quantitative estimate of drug-likeness (QED) is 0.563. The van der Waals surface area contributed by atoms with Gasteiger partial charge in [-0.05, 0) is 45.6 Å². The summed E-state index contributed by atoms with van der Waals surface area (Å²) < 4.78 is 10.3. The molecule has 0 fully saturated rings. The maximum Gasteiger partial charge on any atom is 0.407 e. The minimum absolute atomic E-state index is 0.230. The number of unbranched alkanes of at least 4 members (excludes halogenated alkanes) is 1. The van der Waals surface area contributed by atoms with Gasteiger partial charge in [0.05, 0.1) is 0 Å². The van der Waals surface area contributed by atoms with Gasteiger partial charge in [0.1, 0.15) is 18.2 Å². The van der Waals surface area contributed by atoms with Crippen molar-refractivity contribution in [3.63, 3.8) is 0 Å². The number of rotatable bonds is 8. The van der Waals surface area contributed by atoms with Crippen molar-refractivity contribution in [3.05, 3.63) is 35.9 Å². The normalized spacial score (nSPS) is 12.3. The largest absolute Gasteiger partial charge is 0.460 e. The predicted octanol–water partition coefficient (Wildman–Crippen LogP) is 2.75. The fraction of sp³-hybridized carbons (Fsp3) is 0.556. The molecule has 1 rings (SSSR count). The summed E-state index contributed by atoms with van der Waals surface area (Å²) in [6, 6.07) is 8.82. The minimum Gasteiger partial charge on any atom is -0.460 e. The average molecular weight is 336 g/mol. The van der Waals surface area contributed by atoms with Crippen LogP contribution in [0.4, 0.5) is 4.79 Å². The molecule has 134 valence electrons. The smallest absolute Gasteiger partial charge is 0.407 e. The minimum atomic E-state index is -0.643. The first-order valence-corrected chi connectivity index (χ1v) is 8.21. The van der Waals surface area contributed by atoms with E-state index in [-0.39, 0.29) is 6.61 Å². The van der Waals surface area contributed by atoms with E-state index >= 15 is 0 Å². The van der Waals surface area contributed by atoms with Crippen LogP contribution >= 0.6 is 0 Å². The molecule has 0 aliphatic rings. The molecule has 0 bridgehead atoms. The first-order valence-electron chi connectivity index (χ1n) is 8.21. The molecule has 0 aliphatic carbocycles. The molecule has 6 heteroatoms. The van der Waals surface area contributed by atoms with Gasteiger partial charge in [0, 0.05) is 6.54 Å². The SMILES string of the molecule is CC(C)(C)OC(=O)NCCCC[C@H](N)C(=O)OCc1ccccc1. The van der Waals surface area contributed by atoms with Crippen molar-refractivity contribution < 1.29 is 19.1 Å². The van der Waals surface area contributed by atoms with E-state index in [0.29, 0.717) is 13.0 Å². The third-order valence-corrected chi connectivity index (χ3v) is 3.14. The highest BCUT2D eigenvalue weighted by Crippen LogP contribution is 2.07. The highest BCUT2D eigenvalue weighted by atomic mass is 16.6. The zero-order valence-corrected chi connectivity index (χ0v) is 14.7. The number of carbonyl (C=O) groups is 2. The molecule has 1 amide bonds. The summed E-state index contributed by atoms with van der Waals surface area (Å²) in [5.41, 5.74) is 6.25. The van der Waals surface area contributed by atoms with Crippen LogP contribution in [-0.2, 0) is 20.9 Å². The number of nitrogens with one attached hydrogen (secondary N) is 1. The van der Waals surface area contributed by atoms with Crippen LogP contribution in [-0.4, -0.2) is 30.3 Å². The highest BCUT2D eigenvalue weighted by Gasteiger charge is 2.16. The average Bonchev–Trinajstić information content (AvgIpc) is 2.51. The number of ether oxygens (including phenoxy) is 2. The number of esters is 1. The summed E-state index contributed by atoms with van der Waals surface area (Å²) in [5, 5.41) is 2.67. The molecule has 0 heterocycles. The second-order valence-corrected chi connectivity index (χ2v) is 6.62. The van der Waals surface area contributed by atoms with E-state index in [2.05, 4.69) is 5.32 Å². The Kier molecular flexibility index (Phi) is 8.26. The van der Waals surface area contributed by atoms with Gasteiger partial charge in [-0.2, -0.15) is 0 Å². The van der Waals surface area contributed by atoms with Gasteiger partial charge in [0.15, 0.2) is 0 Å². The zero-order valence-electron chi connectivity index (χ0n) is 14.7. The Hall–Kier alpha value is -2.08. The van der Waals surface area contributed by atoms with Crippen molar-refractivity contribution in [2.75, 3.05) is 6.54 Å². The molecular formula is C18H28N2O4. The molecule has 0 aliphatic heterocycles. The van der Waals surface area contributed by atoms with E-state index in [1.54, 1.807) is 0 Å². The number of benzene rings is 1. The van der Waals surface area contributed by atoms with E-state index in [4.69, 9.17) is 15.2 Å². The van der Waals surface area contributed by atoms with Gasteiger partial charge >= 0.3 is 12.1 Å². The van der Waals surface area contributed by atoms with E-state index < -0.39 is 23.7 Å². The summed E-state index contributed by atoms with van der Waals surface area (Å²) in [6.45, 7) is 6.15. The first kappa shape index (κ1) is 20.0. The molecule has 0 radical (unpaired) electrons. The number of alkyl carbamates (subject to hydrolysis) is 1. The van der Waals surface area contributed by atoms with Gasteiger partial charge < -0.3 is 20.5 Å². The molecule has 1 aromatic rings. The summed E-state index contributed by atoms with van der Waals surface area (Å²) in [7, 11) is 0. The standard InChI is InChI=1S/C18H28N2O4/c1-18(2,3)24-17(22)20-12-8-7-11-15(19)16(21)23-13-14-9-5-4-6-10-14/h4-6,9-10,15H,7-8,11-13,19H2,1-3H3,(H,20,22)/t15-/m0/s1. The van der Waals surface area contributed by atoms with Gasteiger partial charge in [-0.1, -0.05) is 30.3 Å². The van der Waals surface area contributed by atoms with Crippen LogP contribution in [0.1, 0.15) is 45.6 Å². The molecule has 0 unspecified atom stereocenters. The lowest BCUT2D eigenvalue weighted by molar-refractivity contribution is -0.146. The first-order chi connectivity index (χ1) is 11.3. The number of nitrogens with two attached hydrogens (primary N) is 1. The van der Waals surface area contributed by atoms with Crippen molar-refractivity contribution in [1.29, 1.82) is 0 Å². The number of hydrogen-bond donors (Lipinski definition) is 2. The van der Waals surface area contributed by atoms with E-state index in [0.717, 1.165) is 18.4 Å².